The summed E-state index contributed by atoms with van der Waals surface area (Å²) >= 11 is 0. The minimum atomic E-state index is -3.99. The van der Waals surface area contributed by atoms with Gasteiger partial charge in [0.2, 0.25) is 10.0 Å². The number of nitrogens with zero attached hydrogens (tertiary/aromatic N) is 2. The van der Waals surface area contributed by atoms with Crippen LogP contribution >= 0.6 is 0 Å². The van der Waals surface area contributed by atoms with Crippen LogP contribution in [0.4, 0.5) is 0 Å². The molecule has 0 unspecified atom stereocenters. The topological polar surface area (TPSA) is 135 Å². The summed E-state index contributed by atoms with van der Waals surface area (Å²) < 4.78 is 23.5. The average molecular weight is 331 g/mol. The van der Waals surface area contributed by atoms with Crippen LogP contribution in [-0.4, -0.2) is 14.3 Å². The van der Waals surface area contributed by atoms with Gasteiger partial charge in [0.15, 0.2) is 5.84 Å². The Morgan fingerprint density at radius 1 is 1.04 bits per heavy atom. The highest BCUT2D eigenvalue weighted by Crippen LogP contribution is 2.22. The molecule has 0 spiro atoms. The van der Waals surface area contributed by atoms with E-state index >= 15 is 0 Å². The third kappa shape index (κ3) is 4.21. The van der Waals surface area contributed by atoms with Gasteiger partial charge in [0.25, 0.3) is 0 Å². The molecule has 0 bridgehead atoms. The lowest BCUT2D eigenvalue weighted by Gasteiger charge is -2.12. The standard InChI is InChI=1S/C15H17N5O2S/c16-15(19-20-17)14-12(7-4-8-13(14)23(18,21)22)10-9-11-5-2-1-3-6-11/h1-8H,9-10H2,(H3,16,17,19)(H2,18,21,22). The van der Waals surface area contributed by atoms with E-state index in [9.17, 15) is 8.42 Å². The fraction of sp³-hybridized carbons (Fsp3) is 0.133. The van der Waals surface area contributed by atoms with Gasteiger partial charge in [0, 0.05) is 5.56 Å². The molecule has 5 N–H and O–H groups in total. The van der Waals surface area contributed by atoms with Crippen LogP contribution < -0.4 is 11.0 Å². The van der Waals surface area contributed by atoms with E-state index in [2.05, 4.69) is 10.3 Å². The van der Waals surface area contributed by atoms with Crippen molar-refractivity contribution < 1.29 is 8.42 Å². The molecule has 0 radical (unpaired) electrons. The van der Waals surface area contributed by atoms with E-state index in [-0.39, 0.29) is 16.3 Å². The first kappa shape index (κ1) is 16.8. The Kier molecular flexibility index (Phi) is 5.20. The normalized spacial score (nSPS) is 11.7. The zero-order valence-corrected chi connectivity index (χ0v) is 13.1. The number of sulfonamides is 1. The predicted octanol–water partition coefficient (Wildman–Crippen LogP) is 1.77. The summed E-state index contributed by atoms with van der Waals surface area (Å²) in [5, 5.41) is 19.7. The number of hydrogen-bond donors (Lipinski definition) is 3. The van der Waals surface area contributed by atoms with Crippen molar-refractivity contribution >= 4 is 15.9 Å². The molecule has 0 aliphatic rings. The quantitative estimate of drug-likeness (QED) is 0.253. The third-order valence-corrected chi connectivity index (χ3v) is 4.29. The van der Waals surface area contributed by atoms with E-state index in [0.717, 1.165) is 5.56 Å². The number of amidine groups is 1. The van der Waals surface area contributed by atoms with Crippen LogP contribution in [0.2, 0.25) is 0 Å². The first-order valence-electron chi connectivity index (χ1n) is 6.82. The highest BCUT2D eigenvalue weighted by molar-refractivity contribution is 7.89. The molecular weight excluding hydrogens is 314 g/mol. The van der Waals surface area contributed by atoms with E-state index < -0.39 is 10.0 Å². The van der Waals surface area contributed by atoms with Gasteiger partial charge in [-0.25, -0.2) is 13.6 Å². The number of primary sulfonamides is 1. The molecule has 7 nitrogen and oxygen atoms in total. The van der Waals surface area contributed by atoms with Crippen molar-refractivity contribution in [2.75, 3.05) is 0 Å². The molecule has 0 atom stereocenters. The summed E-state index contributed by atoms with van der Waals surface area (Å²) in [7, 11) is -3.99. The van der Waals surface area contributed by atoms with Gasteiger partial charge < -0.3 is 5.84 Å². The van der Waals surface area contributed by atoms with Crippen molar-refractivity contribution in [3.05, 3.63) is 65.2 Å². The van der Waals surface area contributed by atoms with Crippen LogP contribution in [0.1, 0.15) is 16.7 Å². The molecule has 120 valence electrons. The third-order valence-electron chi connectivity index (χ3n) is 3.34. The molecule has 0 saturated carbocycles. The summed E-state index contributed by atoms with van der Waals surface area (Å²) in [5.74, 6) is 4.64. The van der Waals surface area contributed by atoms with Gasteiger partial charge in [0.05, 0.1) is 4.90 Å². The predicted molar refractivity (Wildman–Crippen MR) is 87.5 cm³/mol. The van der Waals surface area contributed by atoms with Gasteiger partial charge in [-0.1, -0.05) is 47.7 Å². The minimum absolute atomic E-state index is 0.139. The first-order chi connectivity index (χ1) is 10.9. The maximum absolute atomic E-state index is 11.8. The second-order valence-electron chi connectivity index (χ2n) is 4.88. The van der Waals surface area contributed by atoms with Gasteiger partial charge in [-0.05, 0) is 30.0 Å². The van der Waals surface area contributed by atoms with Gasteiger partial charge in [0.1, 0.15) is 0 Å². The molecule has 8 heteroatoms. The molecule has 0 aromatic heterocycles. The largest absolute Gasteiger partial charge is 0.305 e. The van der Waals surface area contributed by atoms with Crippen molar-refractivity contribution in [1.82, 2.24) is 0 Å². The van der Waals surface area contributed by atoms with Crippen molar-refractivity contribution in [3.63, 3.8) is 0 Å². The number of aryl methyl sites for hydroxylation is 2. The van der Waals surface area contributed by atoms with Crippen LogP contribution in [0.3, 0.4) is 0 Å². The number of rotatable bonds is 5. The number of nitrogens with one attached hydrogen (secondary N) is 1. The zero-order valence-electron chi connectivity index (χ0n) is 12.3. The average Bonchev–Trinajstić information content (AvgIpc) is 2.53. The molecule has 2 aromatic carbocycles. The van der Waals surface area contributed by atoms with Crippen LogP contribution in [0.5, 0.6) is 0 Å². The molecule has 2 aromatic rings. The maximum atomic E-state index is 11.8. The fourth-order valence-electron chi connectivity index (χ4n) is 2.32. The lowest BCUT2D eigenvalue weighted by Crippen LogP contribution is -2.18. The Balaban J connectivity index is 2.44. The molecule has 0 aliphatic heterocycles. The smallest absolute Gasteiger partial charge is 0.238 e. The highest BCUT2D eigenvalue weighted by atomic mass is 32.2. The van der Waals surface area contributed by atoms with Crippen molar-refractivity contribution in [3.8, 4) is 0 Å². The molecular formula is C15H17N5O2S. The molecule has 0 aliphatic carbocycles. The van der Waals surface area contributed by atoms with E-state index in [4.69, 9.17) is 16.4 Å². The molecule has 0 heterocycles. The van der Waals surface area contributed by atoms with E-state index in [1.165, 1.54) is 6.07 Å². The summed E-state index contributed by atoms with van der Waals surface area (Å²) in [5.41, 5.74) is 1.89. The van der Waals surface area contributed by atoms with Crippen LogP contribution in [0.25, 0.3) is 0 Å². The second kappa shape index (κ2) is 7.12. The summed E-state index contributed by atoms with van der Waals surface area (Å²) in [4.78, 5) is -0.152. The van der Waals surface area contributed by atoms with Crippen molar-refractivity contribution in [1.29, 1.82) is 5.41 Å². The molecule has 0 saturated heterocycles. The number of nitrogens with two attached hydrogens (primary N) is 2. The van der Waals surface area contributed by atoms with Gasteiger partial charge in [-0.3, -0.25) is 5.41 Å². The minimum Gasteiger partial charge on any atom is -0.305 e. The van der Waals surface area contributed by atoms with Gasteiger partial charge in [-0.15, -0.1) is 5.11 Å². The van der Waals surface area contributed by atoms with Crippen molar-refractivity contribution in [2.45, 2.75) is 17.7 Å². The van der Waals surface area contributed by atoms with E-state index in [1.54, 1.807) is 12.1 Å². The van der Waals surface area contributed by atoms with Crippen LogP contribution in [0.15, 0.2) is 63.8 Å². The van der Waals surface area contributed by atoms with Gasteiger partial charge >= 0.3 is 0 Å². The highest BCUT2D eigenvalue weighted by Gasteiger charge is 2.20. The Hall–Kier alpha value is -2.58. The maximum Gasteiger partial charge on any atom is 0.238 e. The summed E-state index contributed by atoms with van der Waals surface area (Å²) in [6, 6.07) is 14.4. The molecule has 2 rings (SSSR count). The second-order valence-corrected chi connectivity index (χ2v) is 6.41. The monoisotopic (exact) mass is 331 g/mol. The number of benzene rings is 2. The molecule has 0 amide bonds. The Morgan fingerprint density at radius 2 is 1.74 bits per heavy atom. The Morgan fingerprint density at radius 3 is 2.35 bits per heavy atom. The fourth-order valence-corrected chi connectivity index (χ4v) is 3.10. The summed E-state index contributed by atoms with van der Waals surface area (Å²) in [6.07, 6.45) is 1.22. The number of hydrogen-bond acceptors (Lipinski definition) is 4. The zero-order chi connectivity index (χ0) is 16.9. The van der Waals surface area contributed by atoms with E-state index in [0.29, 0.717) is 18.4 Å². The van der Waals surface area contributed by atoms with Crippen LogP contribution in [-0.2, 0) is 22.9 Å². The SMILES string of the molecule is N=C(N=NN)c1c(CCc2ccccc2)cccc1S(N)(=O)=O. The van der Waals surface area contributed by atoms with Crippen molar-refractivity contribution in [2.24, 2.45) is 21.3 Å². The van der Waals surface area contributed by atoms with Gasteiger partial charge in [-0.2, -0.15) is 0 Å². The summed E-state index contributed by atoms with van der Waals surface area (Å²) in [6.45, 7) is 0. The van der Waals surface area contributed by atoms with Crippen LogP contribution in [0, 0.1) is 5.41 Å². The lowest BCUT2D eigenvalue weighted by atomic mass is 9.99. The molecule has 0 fully saturated rings. The molecule has 23 heavy (non-hydrogen) atoms. The Labute approximate surface area is 134 Å². The first-order valence-corrected chi connectivity index (χ1v) is 8.36. The van der Waals surface area contributed by atoms with E-state index in [1.807, 2.05) is 30.3 Å². The Bertz CT molecular complexity index is 832. The lowest BCUT2D eigenvalue weighted by molar-refractivity contribution is 0.597.